The molecule has 1 nitrogen and oxygen atoms in total. The number of aryl methyl sites for hydroxylation is 2. The van der Waals surface area contributed by atoms with Gasteiger partial charge in [-0.2, -0.15) is 0 Å². The molecule has 0 aromatic heterocycles. The van der Waals surface area contributed by atoms with Crippen LogP contribution in [-0.2, 0) is 4.43 Å². The second kappa shape index (κ2) is 5.94. The van der Waals surface area contributed by atoms with Gasteiger partial charge in [-0.3, -0.25) is 0 Å². The van der Waals surface area contributed by atoms with E-state index in [1.54, 1.807) is 0 Å². The molecule has 0 radical (unpaired) electrons. The Hall–Kier alpha value is -1.38. The first-order chi connectivity index (χ1) is 9.35. The molecule has 0 bridgehead atoms. The molecule has 0 saturated heterocycles. The van der Waals surface area contributed by atoms with Crippen molar-refractivity contribution in [3.8, 4) is 0 Å². The number of benzene rings is 2. The largest absolute Gasteiger partial charge is 0.407 e. The van der Waals surface area contributed by atoms with Gasteiger partial charge < -0.3 is 4.43 Å². The van der Waals surface area contributed by atoms with Gasteiger partial charge in [0, 0.05) is 0 Å². The molecule has 2 heteroatoms. The highest BCUT2D eigenvalue weighted by Crippen LogP contribution is 2.29. The van der Waals surface area contributed by atoms with E-state index in [-0.39, 0.29) is 6.10 Å². The van der Waals surface area contributed by atoms with Gasteiger partial charge in [-0.25, -0.2) is 0 Å². The smallest absolute Gasteiger partial charge is 0.185 e. The lowest BCUT2D eigenvalue weighted by Crippen LogP contribution is -2.28. The van der Waals surface area contributed by atoms with Crippen LogP contribution in [0.15, 0.2) is 48.5 Å². The van der Waals surface area contributed by atoms with Gasteiger partial charge in [0.05, 0.1) is 6.10 Å². The molecule has 106 valence electrons. The van der Waals surface area contributed by atoms with Crippen LogP contribution in [0.2, 0.25) is 19.6 Å². The summed E-state index contributed by atoms with van der Waals surface area (Å²) in [6.45, 7) is 10.9. The van der Waals surface area contributed by atoms with Crippen LogP contribution < -0.4 is 0 Å². The zero-order valence-electron chi connectivity index (χ0n) is 13.1. The lowest BCUT2D eigenvalue weighted by Gasteiger charge is -2.27. The summed E-state index contributed by atoms with van der Waals surface area (Å²) in [6.07, 6.45) is 0.0443. The molecule has 0 atom stereocenters. The van der Waals surface area contributed by atoms with Crippen LogP contribution in [0.5, 0.6) is 0 Å². The minimum atomic E-state index is -1.61. The van der Waals surface area contributed by atoms with E-state index in [9.17, 15) is 0 Å². The Morgan fingerprint density at radius 1 is 0.700 bits per heavy atom. The van der Waals surface area contributed by atoms with Gasteiger partial charge >= 0.3 is 0 Å². The SMILES string of the molecule is Cc1ccc(C(O[Si](C)(C)C)c2ccc(C)cc2)cc1. The van der Waals surface area contributed by atoms with E-state index < -0.39 is 8.32 Å². The van der Waals surface area contributed by atoms with E-state index >= 15 is 0 Å². The quantitative estimate of drug-likeness (QED) is 0.697. The second-order valence-corrected chi connectivity index (χ2v) is 10.9. The monoisotopic (exact) mass is 284 g/mol. The molecule has 2 aromatic carbocycles. The zero-order chi connectivity index (χ0) is 14.8. The summed E-state index contributed by atoms with van der Waals surface area (Å²) in [6, 6.07) is 17.3. The van der Waals surface area contributed by atoms with Crippen molar-refractivity contribution in [2.45, 2.75) is 39.6 Å². The van der Waals surface area contributed by atoms with Crippen molar-refractivity contribution < 1.29 is 4.43 Å². The topological polar surface area (TPSA) is 9.23 Å². The van der Waals surface area contributed by atoms with Gasteiger partial charge in [-0.05, 0) is 44.6 Å². The van der Waals surface area contributed by atoms with E-state index in [0.717, 1.165) is 0 Å². The van der Waals surface area contributed by atoms with Crippen molar-refractivity contribution in [3.63, 3.8) is 0 Å². The molecule has 0 saturated carbocycles. The summed E-state index contributed by atoms with van der Waals surface area (Å²) in [5.74, 6) is 0. The van der Waals surface area contributed by atoms with Crippen LogP contribution in [-0.4, -0.2) is 8.32 Å². The lowest BCUT2D eigenvalue weighted by atomic mass is 10.00. The average molecular weight is 284 g/mol. The Bertz CT molecular complexity index is 504. The molecule has 0 spiro atoms. The number of rotatable bonds is 4. The molecule has 0 fully saturated rings. The molecule has 0 aliphatic carbocycles. The summed E-state index contributed by atoms with van der Waals surface area (Å²) in [7, 11) is -1.61. The highest BCUT2D eigenvalue weighted by atomic mass is 28.4. The Balaban J connectivity index is 2.38. The lowest BCUT2D eigenvalue weighted by molar-refractivity contribution is 0.239. The van der Waals surface area contributed by atoms with Gasteiger partial charge in [0.2, 0.25) is 0 Å². The summed E-state index contributed by atoms with van der Waals surface area (Å²) in [5, 5.41) is 0. The Kier molecular flexibility index (Phi) is 4.46. The molecule has 0 unspecified atom stereocenters. The normalized spacial score (nSPS) is 11.9. The van der Waals surface area contributed by atoms with Gasteiger partial charge in [-0.1, -0.05) is 59.7 Å². The van der Waals surface area contributed by atoms with Gasteiger partial charge in [0.15, 0.2) is 8.32 Å². The third kappa shape index (κ3) is 4.05. The Morgan fingerprint density at radius 2 is 1.05 bits per heavy atom. The van der Waals surface area contributed by atoms with E-state index in [1.165, 1.54) is 22.3 Å². The van der Waals surface area contributed by atoms with Crippen LogP contribution in [0.3, 0.4) is 0 Å². The minimum absolute atomic E-state index is 0.0443. The van der Waals surface area contributed by atoms with Gasteiger partial charge in [-0.15, -0.1) is 0 Å². The Morgan fingerprint density at radius 3 is 1.35 bits per heavy atom. The fraction of sp³-hybridized carbons (Fsp3) is 0.333. The van der Waals surface area contributed by atoms with E-state index in [2.05, 4.69) is 82.0 Å². The fourth-order valence-corrected chi connectivity index (χ4v) is 3.14. The number of hydrogen-bond donors (Lipinski definition) is 0. The maximum Gasteiger partial charge on any atom is 0.185 e. The third-order valence-electron chi connectivity index (χ3n) is 3.23. The van der Waals surface area contributed by atoms with E-state index in [4.69, 9.17) is 4.43 Å². The Labute approximate surface area is 123 Å². The first-order valence-corrected chi connectivity index (χ1v) is 10.6. The molecule has 2 aromatic rings. The average Bonchev–Trinajstić information content (AvgIpc) is 2.37. The molecule has 2 rings (SSSR count). The van der Waals surface area contributed by atoms with Gasteiger partial charge in [0.25, 0.3) is 0 Å². The van der Waals surface area contributed by atoms with Crippen molar-refractivity contribution in [2.24, 2.45) is 0 Å². The highest BCUT2D eigenvalue weighted by molar-refractivity contribution is 6.69. The number of hydrogen-bond acceptors (Lipinski definition) is 1. The molecule has 20 heavy (non-hydrogen) atoms. The molecular formula is C18H24OSi. The molecular weight excluding hydrogens is 260 g/mol. The maximum atomic E-state index is 6.43. The first-order valence-electron chi connectivity index (χ1n) is 7.16. The van der Waals surface area contributed by atoms with Crippen molar-refractivity contribution in [3.05, 3.63) is 70.8 Å². The molecule has 0 aliphatic heterocycles. The zero-order valence-corrected chi connectivity index (χ0v) is 14.1. The predicted octanol–water partition coefficient (Wildman–Crippen LogP) is 5.24. The second-order valence-electron chi connectivity index (χ2n) is 6.43. The van der Waals surface area contributed by atoms with Gasteiger partial charge in [0.1, 0.15) is 0 Å². The van der Waals surface area contributed by atoms with Crippen LogP contribution >= 0.6 is 0 Å². The van der Waals surface area contributed by atoms with Crippen LogP contribution in [0, 0.1) is 13.8 Å². The summed E-state index contributed by atoms with van der Waals surface area (Å²) in [4.78, 5) is 0. The van der Waals surface area contributed by atoms with Crippen molar-refractivity contribution in [1.82, 2.24) is 0 Å². The minimum Gasteiger partial charge on any atom is -0.407 e. The van der Waals surface area contributed by atoms with Crippen molar-refractivity contribution >= 4 is 8.32 Å². The van der Waals surface area contributed by atoms with Crippen LogP contribution in [0.1, 0.15) is 28.4 Å². The molecule has 0 amide bonds. The molecule has 0 heterocycles. The van der Waals surface area contributed by atoms with Crippen molar-refractivity contribution in [2.75, 3.05) is 0 Å². The third-order valence-corrected chi connectivity index (χ3v) is 4.17. The summed E-state index contributed by atoms with van der Waals surface area (Å²) >= 11 is 0. The van der Waals surface area contributed by atoms with Crippen LogP contribution in [0.25, 0.3) is 0 Å². The predicted molar refractivity (Wildman–Crippen MR) is 88.6 cm³/mol. The standard InChI is InChI=1S/C18H24OSi/c1-14-6-10-16(11-7-14)18(19-20(3,4)5)17-12-8-15(2)9-13-17/h6-13,18H,1-5H3. The van der Waals surface area contributed by atoms with Crippen LogP contribution in [0.4, 0.5) is 0 Å². The fourth-order valence-electron chi connectivity index (χ4n) is 2.16. The maximum absolute atomic E-state index is 6.43. The highest BCUT2D eigenvalue weighted by Gasteiger charge is 2.23. The summed E-state index contributed by atoms with van der Waals surface area (Å²) < 4.78 is 6.43. The molecule has 0 N–H and O–H groups in total. The molecule has 0 aliphatic rings. The van der Waals surface area contributed by atoms with E-state index in [1.807, 2.05) is 0 Å². The first kappa shape index (κ1) is 15.0. The van der Waals surface area contributed by atoms with E-state index in [0.29, 0.717) is 0 Å². The van der Waals surface area contributed by atoms with Crippen molar-refractivity contribution in [1.29, 1.82) is 0 Å². The summed E-state index contributed by atoms with van der Waals surface area (Å²) in [5.41, 5.74) is 5.04.